The van der Waals surface area contributed by atoms with Crippen LogP contribution in [0.4, 0.5) is 0 Å². The molecule has 5 heteroatoms. The van der Waals surface area contributed by atoms with Crippen molar-refractivity contribution < 1.29 is 24.2 Å². The van der Waals surface area contributed by atoms with Gasteiger partial charge in [0.1, 0.15) is 6.61 Å². The molecule has 0 rings (SSSR count). The van der Waals surface area contributed by atoms with Crippen LogP contribution >= 0.6 is 0 Å². The molecular weight excluding hydrogens is 957 g/mol. The summed E-state index contributed by atoms with van der Waals surface area (Å²) in [7, 11) is 0. The van der Waals surface area contributed by atoms with Crippen molar-refractivity contribution >= 4 is 11.9 Å². The number of ether oxygens (including phenoxy) is 2. The second-order valence-electron chi connectivity index (χ2n) is 21.8. The van der Waals surface area contributed by atoms with E-state index in [-0.39, 0.29) is 25.2 Å². The van der Waals surface area contributed by atoms with Gasteiger partial charge in [-0.1, -0.05) is 309 Å². The lowest BCUT2D eigenvalue weighted by Gasteiger charge is -2.15. The molecule has 0 saturated heterocycles. The van der Waals surface area contributed by atoms with Crippen LogP contribution in [0.3, 0.4) is 0 Å². The molecule has 0 saturated carbocycles. The Balaban J connectivity index is 3.54. The standard InChI is InChI=1S/C73H124O5/c1-3-5-7-9-11-13-15-17-19-21-23-25-27-29-31-33-35-36-38-40-42-44-46-48-50-52-54-56-58-60-62-64-66-68-73(76)78-71(69-74)70-77-72(75)67-65-63-61-59-57-55-53-51-49-47-45-43-41-39-37-34-32-30-28-26-24-22-20-18-16-14-12-10-8-6-4-2/h5,7,11,13,17,19,22-25,29,31,35-36,40,42,46,48,52,54,71,74H,3-4,6,8-10,12,14-16,18,20-21,26-28,30,32-34,37-39,41,43-45,47,49-51,53,55-70H2,1-2H3/b7-5-,13-11-,19-17-,24-22-,25-23-,31-29-,36-35-,42-40-,48-46-,54-52-. The van der Waals surface area contributed by atoms with Gasteiger partial charge in [0.15, 0.2) is 6.10 Å². The van der Waals surface area contributed by atoms with E-state index in [4.69, 9.17) is 9.47 Å². The third kappa shape index (κ3) is 64.8. The molecule has 5 nitrogen and oxygen atoms in total. The number of aliphatic hydroxyl groups excluding tert-OH is 1. The number of hydrogen-bond donors (Lipinski definition) is 1. The Bertz CT molecular complexity index is 1550. The Hall–Kier alpha value is -3.70. The van der Waals surface area contributed by atoms with Crippen LogP contribution in [0.1, 0.15) is 309 Å². The van der Waals surface area contributed by atoms with Crippen LogP contribution in [0.15, 0.2) is 122 Å². The van der Waals surface area contributed by atoms with E-state index in [1.54, 1.807) is 0 Å². The number of hydrogen-bond acceptors (Lipinski definition) is 5. The zero-order chi connectivity index (χ0) is 56.2. The van der Waals surface area contributed by atoms with Crippen LogP contribution in [-0.4, -0.2) is 36.4 Å². The van der Waals surface area contributed by atoms with Gasteiger partial charge in [-0.25, -0.2) is 0 Å². The fourth-order valence-corrected chi connectivity index (χ4v) is 9.31. The molecule has 0 radical (unpaired) electrons. The summed E-state index contributed by atoms with van der Waals surface area (Å²) in [4.78, 5) is 24.6. The molecule has 0 spiro atoms. The van der Waals surface area contributed by atoms with Gasteiger partial charge in [0.05, 0.1) is 6.61 Å². The van der Waals surface area contributed by atoms with Crippen molar-refractivity contribution in [2.45, 2.75) is 315 Å². The fourth-order valence-electron chi connectivity index (χ4n) is 9.31. The van der Waals surface area contributed by atoms with Gasteiger partial charge < -0.3 is 14.6 Å². The van der Waals surface area contributed by atoms with Gasteiger partial charge in [-0.2, -0.15) is 0 Å². The van der Waals surface area contributed by atoms with Crippen molar-refractivity contribution in [2.24, 2.45) is 0 Å². The van der Waals surface area contributed by atoms with Gasteiger partial charge in [-0.3, -0.25) is 9.59 Å². The third-order valence-corrected chi connectivity index (χ3v) is 14.2. The predicted octanol–water partition coefficient (Wildman–Crippen LogP) is 23.0. The van der Waals surface area contributed by atoms with Gasteiger partial charge in [0, 0.05) is 12.8 Å². The lowest BCUT2D eigenvalue weighted by Crippen LogP contribution is -2.28. The van der Waals surface area contributed by atoms with Crippen molar-refractivity contribution in [3.8, 4) is 0 Å². The summed E-state index contributed by atoms with van der Waals surface area (Å²) < 4.78 is 10.7. The first kappa shape index (κ1) is 74.3. The summed E-state index contributed by atoms with van der Waals surface area (Å²) in [6.45, 7) is 4.03. The minimum absolute atomic E-state index is 0.0782. The van der Waals surface area contributed by atoms with E-state index in [2.05, 4.69) is 135 Å². The molecule has 0 heterocycles. The minimum atomic E-state index is -0.791. The largest absolute Gasteiger partial charge is 0.462 e. The van der Waals surface area contributed by atoms with Crippen molar-refractivity contribution in [2.75, 3.05) is 13.2 Å². The Kier molecular flexibility index (Phi) is 64.4. The predicted molar refractivity (Wildman–Crippen MR) is 343 cm³/mol. The molecule has 0 aliphatic carbocycles. The van der Waals surface area contributed by atoms with E-state index in [1.165, 1.54) is 167 Å². The summed E-state index contributed by atoms with van der Waals surface area (Å²) in [6.07, 6.45) is 99.2. The summed E-state index contributed by atoms with van der Waals surface area (Å²) in [5, 5.41) is 9.69. The molecule has 0 aromatic heterocycles. The maximum absolute atomic E-state index is 12.3. The first-order valence-corrected chi connectivity index (χ1v) is 33.1. The molecule has 1 atom stereocenters. The van der Waals surface area contributed by atoms with Crippen LogP contribution in [0, 0.1) is 0 Å². The summed E-state index contributed by atoms with van der Waals surface area (Å²) >= 11 is 0. The van der Waals surface area contributed by atoms with E-state index >= 15 is 0 Å². The van der Waals surface area contributed by atoms with E-state index in [0.29, 0.717) is 12.8 Å². The van der Waals surface area contributed by atoms with Crippen molar-refractivity contribution in [1.29, 1.82) is 0 Å². The molecule has 78 heavy (non-hydrogen) atoms. The molecular formula is C73H124O5. The molecule has 446 valence electrons. The Labute approximate surface area is 483 Å². The average molecular weight is 1080 g/mol. The zero-order valence-corrected chi connectivity index (χ0v) is 51.1. The van der Waals surface area contributed by atoms with Gasteiger partial charge in [-0.05, 0) is 109 Å². The Morgan fingerprint density at radius 3 is 0.846 bits per heavy atom. The number of esters is 2. The second-order valence-corrected chi connectivity index (χ2v) is 21.8. The number of carbonyl (C=O) groups excluding carboxylic acids is 2. The number of unbranched alkanes of at least 4 members (excludes halogenated alkanes) is 32. The van der Waals surface area contributed by atoms with Crippen LogP contribution in [0.5, 0.6) is 0 Å². The smallest absolute Gasteiger partial charge is 0.306 e. The van der Waals surface area contributed by atoms with Crippen LogP contribution < -0.4 is 0 Å². The quantitative estimate of drug-likeness (QED) is 0.0373. The van der Waals surface area contributed by atoms with E-state index in [0.717, 1.165) is 116 Å². The highest BCUT2D eigenvalue weighted by molar-refractivity contribution is 5.70. The summed E-state index contributed by atoms with van der Waals surface area (Å²) in [6, 6.07) is 0. The normalized spacial score (nSPS) is 13.0. The first-order chi connectivity index (χ1) is 38.6. The van der Waals surface area contributed by atoms with E-state index in [1.807, 2.05) is 0 Å². The topological polar surface area (TPSA) is 72.8 Å². The number of aliphatic hydroxyl groups is 1. The highest BCUT2D eigenvalue weighted by Crippen LogP contribution is 2.17. The molecule has 1 unspecified atom stereocenters. The third-order valence-electron chi connectivity index (χ3n) is 14.2. The molecule has 0 bridgehead atoms. The summed E-state index contributed by atoms with van der Waals surface area (Å²) in [5.74, 6) is -0.609. The van der Waals surface area contributed by atoms with Crippen LogP contribution in [-0.2, 0) is 19.1 Å². The lowest BCUT2D eigenvalue weighted by atomic mass is 10.0. The van der Waals surface area contributed by atoms with E-state index < -0.39 is 6.10 Å². The summed E-state index contributed by atoms with van der Waals surface area (Å²) in [5.41, 5.74) is 0. The number of rotatable bonds is 60. The van der Waals surface area contributed by atoms with Gasteiger partial charge in [-0.15, -0.1) is 0 Å². The van der Waals surface area contributed by atoms with Crippen molar-refractivity contribution in [3.63, 3.8) is 0 Å². The van der Waals surface area contributed by atoms with Crippen LogP contribution in [0.25, 0.3) is 0 Å². The lowest BCUT2D eigenvalue weighted by molar-refractivity contribution is -0.161. The highest BCUT2D eigenvalue weighted by atomic mass is 16.6. The second kappa shape index (κ2) is 67.6. The van der Waals surface area contributed by atoms with Crippen molar-refractivity contribution in [1.82, 2.24) is 0 Å². The zero-order valence-electron chi connectivity index (χ0n) is 51.1. The average Bonchev–Trinajstić information content (AvgIpc) is 3.44. The molecule has 0 fully saturated rings. The maximum atomic E-state index is 12.3. The molecule has 0 aliphatic rings. The molecule has 1 N–H and O–H groups in total. The van der Waals surface area contributed by atoms with Gasteiger partial charge in [0.25, 0.3) is 0 Å². The molecule has 0 aliphatic heterocycles. The molecule has 0 aromatic carbocycles. The number of carbonyl (C=O) groups is 2. The number of allylic oxidation sites excluding steroid dienone is 20. The SMILES string of the molecule is CC/C=C\C/C=C\C/C=C\C/C=C\C/C=C\C/C=C\C/C=C\C/C=C\C/C=C\CCCCCCCC(=O)OC(CO)COC(=O)CCCCCCCCCCCCCCCCCCCCC/C=C\CCCCCCCCCC. The monoisotopic (exact) mass is 1080 g/mol. The molecule has 0 aromatic rings. The van der Waals surface area contributed by atoms with Gasteiger partial charge in [0.2, 0.25) is 0 Å². The Morgan fingerprint density at radius 1 is 0.308 bits per heavy atom. The maximum Gasteiger partial charge on any atom is 0.306 e. The fraction of sp³-hybridized carbons (Fsp3) is 0.699. The van der Waals surface area contributed by atoms with Crippen LogP contribution in [0.2, 0.25) is 0 Å². The molecule has 0 amide bonds. The van der Waals surface area contributed by atoms with Crippen molar-refractivity contribution in [3.05, 3.63) is 122 Å². The van der Waals surface area contributed by atoms with E-state index in [9.17, 15) is 14.7 Å². The first-order valence-electron chi connectivity index (χ1n) is 33.1. The van der Waals surface area contributed by atoms with Gasteiger partial charge >= 0.3 is 11.9 Å². The Morgan fingerprint density at radius 2 is 0.551 bits per heavy atom. The minimum Gasteiger partial charge on any atom is -0.462 e. The highest BCUT2D eigenvalue weighted by Gasteiger charge is 2.16.